The van der Waals surface area contributed by atoms with Crippen molar-refractivity contribution in [3.63, 3.8) is 0 Å². The van der Waals surface area contributed by atoms with Crippen molar-refractivity contribution in [2.75, 3.05) is 13.7 Å². The van der Waals surface area contributed by atoms with E-state index in [0.717, 1.165) is 30.1 Å². The summed E-state index contributed by atoms with van der Waals surface area (Å²) in [6.07, 6.45) is 5.77. The number of ether oxygens (including phenoxy) is 1. The molecule has 2 nitrogen and oxygen atoms in total. The van der Waals surface area contributed by atoms with E-state index < -0.39 is 0 Å². The lowest BCUT2D eigenvalue weighted by Gasteiger charge is -2.22. The molecule has 0 aromatic heterocycles. The monoisotopic (exact) mass is 259 g/mol. The van der Waals surface area contributed by atoms with E-state index in [9.17, 15) is 0 Å². The second-order valence-electron chi connectivity index (χ2n) is 6.33. The Balaban J connectivity index is 1.58. The summed E-state index contributed by atoms with van der Waals surface area (Å²) in [7, 11) is 1.99. The molecule has 104 valence electrons. The Kier molecular flexibility index (Phi) is 3.79. The summed E-state index contributed by atoms with van der Waals surface area (Å²) in [6, 6.07) is 8.89. The van der Waals surface area contributed by atoms with Crippen LogP contribution in [-0.4, -0.2) is 13.7 Å². The summed E-state index contributed by atoms with van der Waals surface area (Å²) < 4.78 is 6.05. The fourth-order valence-corrected chi connectivity index (χ4v) is 3.82. The van der Waals surface area contributed by atoms with Crippen molar-refractivity contribution in [2.45, 2.75) is 38.6 Å². The van der Waals surface area contributed by atoms with Crippen LogP contribution in [0.5, 0.6) is 5.75 Å². The van der Waals surface area contributed by atoms with Crippen LogP contribution >= 0.6 is 0 Å². The number of hydrogen-bond donors (Lipinski definition) is 1. The molecule has 2 bridgehead atoms. The first-order valence-corrected chi connectivity index (χ1v) is 7.66. The maximum Gasteiger partial charge on any atom is 0.119 e. The second kappa shape index (κ2) is 5.54. The SMILES string of the molecule is CNC(C)c1cccc(OCC2CC3CCC2C3)c1. The van der Waals surface area contributed by atoms with E-state index in [2.05, 4.69) is 36.5 Å². The van der Waals surface area contributed by atoms with Gasteiger partial charge in [-0.25, -0.2) is 0 Å². The maximum absolute atomic E-state index is 6.05. The van der Waals surface area contributed by atoms with Crippen LogP contribution in [0.4, 0.5) is 0 Å². The molecule has 0 radical (unpaired) electrons. The molecular weight excluding hydrogens is 234 g/mol. The van der Waals surface area contributed by atoms with E-state index >= 15 is 0 Å². The average molecular weight is 259 g/mol. The van der Waals surface area contributed by atoms with Gasteiger partial charge in [-0.1, -0.05) is 18.6 Å². The van der Waals surface area contributed by atoms with Crippen LogP contribution < -0.4 is 10.1 Å². The summed E-state index contributed by atoms with van der Waals surface area (Å²) in [5, 5.41) is 3.27. The molecule has 2 aliphatic carbocycles. The second-order valence-corrected chi connectivity index (χ2v) is 6.33. The minimum atomic E-state index is 0.381. The quantitative estimate of drug-likeness (QED) is 0.869. The third-order valence-electron chi connectivity index (χ3n) is 5.14. The highest BCUT2D eigenvalue weighted by Crippen LogP contribution is 2.48. The van der Waals surface area contributed by atoms with E-state index in [1.165, 1.54) is 31.2 Å². The maximum atomic E-state index is 6.05. The standard InChI is InChI=1S/C17H25NO/c1-12(18-2)14-4-3-5-17(10-14)19-11-16-9-13-6-7-15(16)8-13/h3-5,10,12-13,15-16,18H,6-9,11H2,1-2H3. The van der Waals surface area contributed by atoms with Gasteiger partial charge in [-0.3, -0.25) is 0 Å². The molecule has 1 aromatic carbocycles. The number of fused-ring (bicyclic) bond motifs is 2. The predicted octanol–water partition coefficient (Wildman–Crippen LogP) is 3.78. The zero-order chi connectivity index (χ0) is 13.2. The van der Waals surface area contributed by atoms with Gasteiger partial charge in [-0.15, -0.1) is 0 Å². The molecule has 0 saturated heterocycles. The van der Waals surface area contributed by atoms with E-state index in [0.29, 0.717) is 6.04 Å². The molecule has 0 heterocycles. The number of benzene rings is 1. The Morgan fingerprint density at radius 2 is 2.21 bits per heavy atom. The molecule has 2 heteroatoms. The lowest BCUT2D eigenvalue weighted by atomic mass is 9.89. The third kappa shape index (κ3) is 2.79. The Hall–Kier alpha value is -1.02. The first-order valence-electron chi connectivity index (χ1n) is 7.66. The highest BCUT2D eigenvalue weighted by molar-refractivity contribution is 5.30. The van der Waals surface area contributed by atoms with Gasteiger partial charge in [0.25, 0.3) is 0 Å². The van der Waals surface area contributed by atoms with Crippen LogP contribution in [0.25, 0.3) is 0 Å². The Morgan fingerprint density at radius 1 is 1.32 bits per heavy atom. The normalized spacial score (nSPS) is 30.5. The molecular formula is C17H25NO. The fraction of sp³-hybridized carbons (Fsp3) is 0.647. The fourth-order valence-electron chi connectivity index (χ4n) is 3.82. The molecule has 0 aliphatic heterocycles. The number of rotatable bonds is 5. The molecule has 2 fully saturated rings. The Labute approximate surface area is 116 Å². The van der Waals surface area contributed by atoms with Crippen LogP contribution in [0.15, 0.2) is 24.3 Å². The molecule has 1 aromatic rings. The van der Waals surface area contributed by atoms with Crippen molar-refractivity contribution < 1.29 is 4.74 Å². The molecule has 4 atom stereocenters. The van der Waals surface area contributed by atoms with Gasteiger partial charge in [0.05, 0.1) is 6.61 Å². The molecule has 1 N–H and O–H groups in total. The minimum absolute atomic E-state index is 0.381. The van der Waals surface area contributed by atoms with Crippen molar-refractivity contribution in [1.29, 1.82) is 0 Å². The van der Waals surface area contributed by atoms with Gasteiger partial charge >= 0.3 is 0 Å². The van der Waals surface area contributed by atoms with Crippen LogP contribution in [0, 0.1) is 17.8 Å². The first kappa shape index (κ1) is 13.0. The van der Waals surface area contributed by atoms with Crippen molar-refractivity contribution >= 4 is 0 Å². The summed E-state index contributed by atoms with van der Waals surface area (Å²) >= 11 is 0. The summed E-state index contributed by atoms with van der Waals surface area (Å²) in [6.45, 7) is 3.09. The van der Waals surface area contributed by atoms with Crippen molar-refractivity contribution in [2.24, 2.45) is 17.8 Å². The minimum Gasteiger partial charge on any atom is -0.493 e. The molecule has 2 aliphatic rings. The Bertz CT molecular complexity index is 431. The molecule has 3 rings (SSSR count). The summed E-state index contributed by atoms with van der Waals surface area (Å²) in [5.74, 6) is 3.80. The van der Waals surface area contributed by atoms with Crippen LogP contribution in [0.2, 0.25) is 0 Å². The van der Waals surface area contributed by atoms with Gasteiger partial charge in [-0.2, -0.15) is 0 Å². The largest absolute Gasteiger partial charge is 0.493 e. The highest BCUT2D eigenvalue weighted by atomic mass is 16.5. The third-order valence-corrected chi connectivity index (χ3v) is 5.14. The molecule has 19 heavy (non-hydrogen) atoms. The van der Waals surface area contributed by atoms with Crippen molar-refractivity contribution in [1.82, 2.24) is 5.32 Å². The molecule has 0 amide bonds. The van der Waals surface area contributed by atoms with Gasteiger partial charge in [0, 0.05) is 6.04 Å². The van der Waals surface area contributed by atoms with Gasteiger partial charge in [0.1, 0.15) is 5.75 Å². The average Bonchev–Trinajstić information content (AvgIpc) is 3.07. The zero-order valence-electron chi connectivity index (χ0n) is 12.1. The van der Waals surface area contributed by atoms with Crippen LogP contribution in [0.1, 0.15) is 44.2 Å². The molecule has 4 unspecified atom stereocenters. The lowest BCUT2D eigenvalue weighted by Crippen LogP contribution is -2.18. The van der Waals surface area contributed by atoms with Crippen molar-refractivity contribution in [3.8, 4) is 5.75 Å². The van der Waals surface area contributed by atoms with E-state index in [1.807, 2.05) is 7.05 Å². The molecule has 0 spiro atoms. The van der Waals surface area contributed by atoms with Crippen molar-refractivity contribution in [3.05, 3.63) is 29.8 Å². The lowest BCUT2D eigenvalue weighted by molar-refractivity contribution is 0.195. The Morgan fingerprint density at radius 3 is 2.89 bits per heavy atom. The number of hydrogen-bond acceptors (Lipinski definition) is 2. The zero-order valence-corrected chi connectivity index (χ0v) is 12.1. The van der Waals surface area contributed by atoms with E-state index in [1.54, 1.807) is 0 Å². The summed E-state index contributed by atoms with van der Waals surface area (Å²) in [5.41, 5.74) is 1.30. The predicted molar refractivity (Wildman–Crippen MR) is 78.3 cm³/mol. The van der Waals surface area contributed by atoms with Gasteiger partial charge in [0.15, 0.2) is 0 Å². The van der Waals surface area contributed by atoms with E-state index in [4.69, 9.17) is 4.74 Å². The first-order chi connectivity index (χ1) is 9.26. The highest BCUT2D eigenvalue weighted by Gasteiger charge is 2.39. The number of nitrogens with one attached hydrogen (secondary N) is 1. The smallest absolute Gasteiger partial charge is 0.119 e. The summed E-state index contributed by atoms with van der Waals surface area (Å²) in [4.78, 5) is 0. The van der Waals surface area contributed by atoms with Gasteiger partial charge in [-0.05, 0) is 68.7 Å². The van der Waals surface area contributed by atoms with Crippen LogP contribution in [0.3, 0.4) is 0 Å². The van der Waals surface area contributed by atoms with Crippen LogP contribution in [-0.2, 0) is 0 Å². The van der Waals surface area contributed by atoms with Gasteiger partial charge < -0.3 is 10.1 Å². The topological polar surface area (TPSA) is 21.3 Å². The van der Waals surface area contributed by atoms with E-state index in [-0.39, 0.29) is 0 Å². The van der Waals surface area contributed by atoms with Gasteiger partial charge in [0.2, 0.25) is 0 Å². The molecule has 2 saturated carbocycles.